The van der Waals surface area contributed by atoms with Gasteiger partial charge in [-0.1, -0.05) is 12.1 Å². The summed E-state index contributed by atoms with van der Waals surface area (Å²) < 4.78 is 40.4. The predicted octanol–water partition coefficient (Wildman–Crippen LogP) is 4.01. The minimum atomic E-state index is -4.72. The van der Waals surface area contributed by atoms with Crippen molar-refractivity contribution in [2.45, 2.75) is 13.3 Å². The van der Waals surface area contributed by atoms with Gasteiger partial charge in [-0.05, 0) is 42.3 Å². The first-order valence-electron chi connectivity index (χ1n) is 5.96. The molecule has 0 spiro atoms. The maximum absolute atomic E-state index is 12.2. The lowest BCUT2D eigenvalue weighted by atomic mass is 9.98. The number of nitrogens with two attached hydrogens (primary N) is 1. The molecule has 0 amide bonds. The average molecular weight is 292 g/mol. The van der Waals surface area contributed by atoms with Crippen LogP contribution in [0, 0.1) is 18.3 Å². The van der Waals surface area contributed by atoms with Crippen LogP contribution in [-0.2, 0) is 0 Å². The summed E-state index contributed by atoms with van der Waals surface area (Å²) in [7, 11) is 0. The van der Waals surface area contributed by atoms with Gasteiger partial charge in [0.05, 0.1) is 11.6 Å². The molecule has 3 nitrogen and oxygen atoms in total. The van der Waals surface area contributed by atoms with E-state index < -0.39 is 6.36 Å². The lowest BCUT2D eigenvalue weighted by Gasteiger charge is -2.13. The van der Waals surface area contributed by atoms with Crippen molar-refractivity contribution in [1.82, 2.24) is 0 Å². The molecule has 0 aromatic heterocycles. The van der Waals surface area contributed by atoms with Crippen LogP contribution in [-0.4, -0.2) is 6.36 Å². The zero-order valence-corrected chi connectivity index (χ0v) is 11.0. The van der Waals surface area contributed by atoms with E-state index >= 15 is 0 Å². The number of nitriles is 1. The number of hydrogen-bond acceptors (Lipinski definition) is 3. The highest BCUT2D eigenvalue weighted by atomic mass is 19.4. The van der Waals surface area contributed by atoms with Crippen LogP contribution in [0.25, 0.3) is 11.1 Å². The summed E-state index contributed by atoms with van der Waals surface area (Å²) in [5, 5.41) is 8.79. The Balaban J connectivity index is 2.40. The fourth-order valence-corrected chi connectivity index (χ4v) is 2.01. The Morgan fingerprint density at radius 1 is 1.10 bits per heavy atom. The summed E-state index contributed by atoms with van der Waals surface area (Å²) in [6, 6.07) is 10.8. The Kier molecular flexibility index (Phi) is 3.76. The molecule has 21 heavy (non-hydrogen) atoms. The fourth-order valence-electron chi connectivity index (χ4n) is 2.01. The van der Waals surface area contributed by atoms with Crippen LogP contribution in [0.5, 0.6) is 5.75 Å². The van der Waals surface area contributed by atoms with E-state index in [2.05, 4.69) is 4.74 Å². The number of hydrogen-bond donors (Lipinski definition) is 1. The van der Waals surface area contributed by atoms with Gasteiger partial charge in [0.15, 0.2) is 0 Å². The van der Waals surface area contributed by atoms with Crippen molar-refractivity contribution >= 4 is 5.69 Å². The molecule has 0 bridgehead atoms. The van der Waals surface area contributed by atoms with Crippen LogP contribution in [0.2, 0.25) is 0 Å². The van der Waals surface area contributed by atoms with E-state index in [0.717, 1.165) is 0 Å². The van der Waals surface area contributed by atoms with Crippen LogP contribution in [0.3, 0.4) is 0 Å². The summed E-state index contributed by atoms with van der Waals surface area (Å²) in [5.41, 5.74) is 8.62. The predicted molar refractivity (Wildman–Crippen MR) is 72.4 cm³/mol. The highest BCUT2D eigenvalue weighted by Crippen LogP contribution is 2.33. The van der Waals surface area contributed by atoms with Gasteiger partial charge in [-0.3, -0.25) is 0 Å². The zero-order chi connectivity index (χ0) is 15.6. The number of halogens is 3. The summed E-state index contributed by atoms with van der Waals surface area (Å²) >= 11 is 0. The van der Waals surface area contributed by atoms with Crippen molar-refractivity contribution in [2.24, 2.45) is 0 Å². The molecule has 2 aromatic carbocycles. The molecule has 2 rings (SSSR count). The van der Waals surface area contributed by atoms with Gasteiger partial charge >= 0.3 is 6.36 Å². The summed E-state index contributed by atoms with van der Waals surface area (Å²) in [6.45, 7) is 1.66. The smallest absolute Gasteiger partial charge is 0.406 e. The monoisotopic (exact) mass is 292 g/mol. The summed E-state index contributed by atoms with van der Waals surface area (Å²) in [5.74, 6) is -0.282. The minimum absolute atomic E-state index is 0.282. The van der Waals surface area contributed by atoms with Gasteiger partial charge in [0.25, 0.3) is 0 Å². The molecule has 0 aliphatic heterocycles. The van der Waals surface area contributed by atoms with Gasteiger partial charge in [-0.15, -0.1) is 13.2 Å². The minimum Gasteiger partial charge on any atom is -0.406 e. The van der Waals surface area contributed by atoms with Crippen molar-refractivity contribution < 1.29 is 17.9 Å². The summed E-state index contributed by atoms with van der Waals surface area (Å²) in [6.07, 6.45) is -4.72. The number of anilines is 1. The normalized spacial score (nSPS) is 11.0. The van der Waals surface area contributed by atoms with Crippen molar-refractivity contribution in [2.75, 3.05) is 5.73 Å². The average Bonchev–Trinajstić information content (AvgIpc) is 2.37. The second-order valence-electron chi connectivity index (χ2n) is 4.44. The number of alkyl halides is 3. The van der Waals surface area contributed by atoms with Gasteiger partial charge in [-0.2, -0.15) is 5.26 Å². The number of nitrogens with zero attached hydrogens (tertiary/aromatic N) is 1. The van der Waals surface area contributed by atoms with Gasteiger partial charge in [0.1, 0.15) is 5.75 Å². The molecule has 0 radical (unpaired) electrons. The molecule has 108 valence electrons. The van der Waals surface area contributed by atoms with Gasteiger partial charge in [-0.25, -0.2) is 0 Å². The zero-order valence-electron chi connectivity index (χ0n) is 11.0. The van der Waals surface area contributed by atoms with E-state index in [4.69, 9.17) is 11.0 Å². The molecule has 6 heteroatoms. The first kappa shape index (κ1) is 14.7. The molecule has 0 unspecified atom stereocenters. The number of rotatable bonds is 2. The molecular formula is C15H11F3N2O. The van der Waals surface area contributed by atoms with Crippen molar-refractivity contribution in [3.05, 3.63) is 47.5 Å². The topological polar surface area (TPSA) is 59.0 Å². The Hall–Kier alpha value is -2.68. The molecular weight excluding hydrogens is 281 g/mol. The molecule has 0 atom stereocenters. The highest BCUT2D eigenvalue weighted by molar-refractivity contribution is 5.79. The summed E-state index contributed by atoms with van der Waals surface area (Å²) in [4.78, 5) is 0. The quantitative estimate of drug-likeness (QED) is 0.851. The van der Waals surface area contributed by atoms with E-state index in [0.29, 0.717) is 27.9 Å². The van der Waals surface area contributed by atoms with Crippen LogP contribution < -0.4 is 10.5 Å². The first-order chi connectivity index (χ1) is 9.80. The van der Waals surface area contributed by atoms with E-state index in [1.54, 1.807) is 19.1 Å². The Morgan fingerprint density at radius 2 is 1.76 bits per heavy atom. The van der Waals surface area contributed by atoms with Crippen molar-refractivity contribution in [3.63, 3.8) is 0 Å². The van der Waals surface area contributed by atoms with Crippen LogP contribution in [0.4, 0.5) is 18.9 Å². The molecule has 0 saturated heterocycles. The largest absolute Gasteiger partial charge is 0.573 e. The number of ether oxygens (including phenoxy) is 1. The Labute approximate surface area is 119 Å². The lowest BCUT2D eigenvalue weighted by Crippen LogP contribution is -2.17. The van der Waals surface area contributed by atoms with Crippen molar-refractivity contribution in [1.29, 1.82) is 5.26 Å². The maximum atomic E-state index is 12.2. The molecule has 0 saturated carbocycles. The number of nitrogen functional groups attached to an aromatic ring is 1. The second kappa shape index (κ2) is 5.37. The van der Waals surface area contributed by atoms with Crippen LogP contribution >= 0.6 is 0 Å². The van der Waals surface area contributed by atoms with Gasteiger partial charge in [0, 0.05) is 11.3 Å². The SMILES string of the molecule is Cc1cc(OC(F)(F)F)ccc1-c1ccc(C#N)cc1N. The lowest BCUT2D eigenvalue weighted by molar-refractivity contribution is -0.274. The van der Waals surface area contributed by atoms with Crippen LogP contribution in [0.1, 0.15) is 11.1 Å². The molecule has 0 heterocycles. The molecule has 2 aromatic rings. The van der Waals surface area contributed by atoms with E-state index in [-0.39, 0.29) is 5.75 Å². The molecule has 0 aliphatic carbocycles. The number of benzene rings is 2. The highest BCUT2D eigenvalue weighted by Gasteiger charge is 2.31. The van der Waals surface area contributed by atoms with Crippen LogP contribution in [0.15, 0.2) is 36.4 Å². The molecule has 2 N–H and O–H groups in total. The fraction of sp³-hybridized carbons (Fsp3) is 0.133. The first-order valence-corrected chi connectivity index (χ1v) is 5.96. The van der Waals surface area contributed by atoms with Crippen molar-refractivity contribution in [3.8, 4) is 22.9 Å². The Morgan fingerprint density at radius 3 is 2.29 bits per heavy atom. The molecule has 0 fully saturated rings. The van der Waals surface area contributed by atoms with E-state index in [1.165, 1.54) is 24.3 Å². The van der Waals surface area contributed by atoms with E-state index in [1.807, 2.05) is 6.07 Å². The van der Waals surface area contributed by atoms with Gasteiger partial charge < -0.3 is 10.5 Å². The maximum Gasteiger partial charge on any atom is 0.573 e. The molecule has 0 aliphatic rings. The Bertz CT molecular complexity index is 718. The van der Waals surface area contributed by atoms with Gasteiger partial charge in [0.2, 0.25) is 0 Å². The standard InChI is InChI=1S/C15H11F3N2O/c1-9-6-11(21-15(16,17)18)3-5-12(9)13-4-2-10(8-19)7-14(13)20/h2-7H,20H2,1H3. The van der Waals surface area contributed by atoms with E-state index in [9.17, 15) is 13.2 Å². The third-order valence-electron chi connectivity index (χ3n) is 2.90. The third kappa shape index (κ3) is 3.45. The second-order valence-corrected chi connectivity index (χ2v) is 4.44. The number of aryl methyl sites for hydroxylation is 1. The third-order valence-corrected chi connectivity index (χ3v) is 2.90.